The van der Waals surface area contributed by atoms with Crippen molar-refractivity contribution in [2.75, 3.05) is 19.8 Å². The highest BCUT2D eigenvalue weighted by atomic mass is 31.2. The first-order valence-corrected chi connectivity index (χ1v) is 6.97. The summed E-state index contributed by atoms with van der Waals surface area (Å²) in [5.41, 5.74) is 0. The average molecular weight is 269 g/mol. The maximum absolute atomic E-state index is 12.0. The van der Waals surface area contributed by atoms with E-state index in [4.69, 9.17) is 9.05 Å². The minimum atomic E-state index is -3.77. The van der Waals surface area contributed by atoms with Gasteiger partial charge in [-0.2, -0.15) is 0 Å². The molecule has 0 saturated heterocycles. The van der Waals surface area contributed by atoms with E-state index in [1.165, 1.54) is 6.92 Å². The largest absolute Gasteiger partial charge is 0.388 e. The van der Waals surface area contributed by atoms with E-state index in [2.05, 4.69) is 5.32 Å². The Morgan fingerprint density at radius 2 is 1.76 bits per heavy atom. The topological polar surface area (TPSA) is 105 Å². The van der Waals surface area contributed by atoms with Gasteiger partial charge >= 0.3 is 7.60 Å². The fourth-order valence-electron chi connectivity index (χ4n) is 1.11. The Morgan fingerprint density at radius 1 is 1.29 bits per heavy atom. The third-order valence-corrected chi connectivity index (χ3v) is 4.07. The molecule has 1 amide bonds. The summed E-state index contributed by atoms with van der Waals surface area (Å²) in [4.78, 5) is 10.6. The molecule has 0 aliphatic heterocycles. The summed E-state index contributed by atoms with van der Waals surface area (Å²) in [5, 5.41) is 21.6. The molecule has 17 heavy (non-hydrogen) atoms. The summed E-state index contributed by atoms with van der Waals surface area (Å²) >= 11 is 0. The molecule has 3 N–H and O–H groups in total. The summed E-state index contributed by atoms with van der Waals surface area (Å²) in [6.45, 7) is 4.41. The molecule has 2 atom stereocenters. The Bertz CT molecular complexity index is 275. The van der Waals surface area contributed by atoms with Gasteiger partial charge in [-0.25, -0.2) is 0 Å². The molecule has 0 aromatic rings. The maximum Gasteiger partial charge on any atom is 0.361 e. The molecule has 0 bridgehead atoms. The van der Waals surface area contributed by atoms with E-state index in [9.17, 15) is 19.6 Å². The van der Waals surface area contributed by atoms with E-state index in [1.807, 2.05) is 0 Å². The lowest BCUT2D eigenvalue weighted by atomic mass is 10.4. The van der Waals surface area contributed by atoms with Gasteiger partial charge < -0.3 is 24.6 Å². The third kappa shape index (κ3) is 5.61. The summed E-state index contributed by atoms with van der Waals surface area (Å²) in [6, 6.07) is 0. The van der Waals surface area contributed by atoms with Crippen LogP contribution in [-0.4, -0.2) is 47.8 Å². The lowest BCUT2D eigenvalue weighted by Crippen LogP contribution is -2.38. The van der Waals surface area contributed by atoms with Gasteiger partial charge in [0.25, 0.3) is 0 Å². The second-order valence-corrected chi connectivity index (χ2v) is 5.42. The Morgan fingerprint density at radius 3 is 2.12 bits per heavy atom. The van der Waals surface area contributed by atoms with Gasteiger partial charge in [0.15, 0.2) is 5.85 Å². The van der Waals surface area contributed by atoms with E-state index < -0.39 is 19.5 Å². The molecule has 7 nitrogen and oxygen atoms in total. The van der Waals surface area contributed by atoms with E-state index in [-0.39, 0.29) is 25.7 Å². The first-order chi connectivity index (χ1) is 7.87. The van der Waals surface area contributed by atoms with Gasteiger partial charge in [-0.05, 0) is 13.8 Å². The van der Waals surface area contributed by atoms with E-state index in [1.54, 1.807) is 13.8 Å². The highest BCUT2D eigenvalue weighted by Crippen LogP contribution is 2.52. The zero-order valence-electron chi connectivity index (χ0n) is 10.3. The monoisotopic (exact) mass is 269 g/mol. The first-order valence-electron chi connectivity index (χ1n) is 5.36. The number of nitrogens with one attached hydrogen (secondary N) is 1. The number of aliphatic hydroxyl groups is 2. The van der Waals surface area contributed by atoms with Crippen LogP contribution < -0.4 is 5.32 Å². The van der Waals surface area contributed by atoms with Crippen molar-refractivity contribution in [1.82, 2.24) is 5.32 Å². The van der Waals surface area contributed by atoms with E-state index in [0.29, 0.717) is 0 Å². The van der Waals surface area contributed by atoms with Crippen LogP contribution >= 0.6 is 7.60 Å². The Kier molecular flexibility index (Phi) is 7.58. The summed E-state index contributed by atoms with van der Waals surface area (Å²) in [6.07, 6.45) is -1.41. The van der Waals surface area contributed by atoms with E-state index >= 15 is 0 Å². The molecule has 0 aromatic heterocycles. The summed E-state index contributed by atoms with van der Waals surface area (Å²) in [5.74, 6) is -2.05. The van der Waals surface area contributed by atoms with Crippen LogP contribution in [0.15, 0.2) is 0 Å². The van der Waals surface area contributed by atoms with Crippen molar-refractivity contribution < 1.29 is 28.6 Å². The molecule has 0 unspecified atom stereocenters. The molecule has 0 radical (unpaired) electrons. The molecule has 0 saturated carbocycles. The standard InChI is InChI=1S/C9H20NO6P/c1-4-15-17(14,16-5-2)9(13)8(12)6-10-7(3)11/h8-9,12-13H,4-6H2,1-3H3,(H,10,11)/t8-,9+/m0/s1. The Balaban J connectivity index is 4.54. The Labute approximate surface area is 101 Å². The number of amides is 1. The second kappa shape index (κ2) is 7.79. The SMILES string of the molecule is CCOP(=O)(OCC)[C@@H](O)[C@@H](O)CNC(C)=O. The number of carbonyl (C=O) groups excluding carboxylic acids is 1. The van der Waals surface area contributed by atoms with Gasteiger partial charge in [-0.1, -0.05) is 0 Å². The van der Waals surface area contributed by atoms with Gasteiger partial charge in [0.1, 0.15) is 6.10 Å². The number of hydrogen-bond acceptors (Lipinski definition) is 6. The van der Waals surface area contributed by atoms with Crippen molar-refractivity contribution in [1.29, 1.82) is 0 Å². The fourth-order valence-corrected chi connectivity index (χ4v) is 2.74. The van der Waals surface area contributed by atoms with Gasteiger partial charge in [-0.3, -0.25) is 9.36 Å². The van der Waals surface area contributed by atoms with Gasteiger partial charge in [-0.15, -0.1) is 0 Å². The summed E-state index contributed by atoms with van der Waals surface area (Å²) in [7, 11) is -3.77. The number of carbonyl (C=O) groups is 1. The van der Waals surface area contributed by atoms with Crippen molar-refractivity contribution in [3.8, 4) is 0 Å². The van der Waals surface area contributed by atoms with Crippen molar-refractivity contribution in [3.63, 3.8) is 0 Å². The van der Waals surface area contributed by atoms with Crippen LogP contribution in [-0.2, 0) is 18.4 Å². The predicted molar refractivity (Wildman–Crippen MR) is 61.6 cm³/mol. The van der Waals surface area contributed by atoms with Crippen LogP contribution in [0.4, 0.5) is 0 Å². The van der Waals surface area contributed by atoms with Crippen LogP contribution in [0.25, 0.3) is 0 Å². The molecule has 0 rings (SSSR count). The van der Waals surface area contributed by atoms with E-state index in [0.717, 1.165) is 0 Å². The molecular weight excluding hydrogens is 249 g/mol. The predicted octanol–water partition coefficient (Wildman–Crippen LogP) is 0.0679. The number of rotatable bonds is 8. The van der Waals surface area contributed by atoms with Gasteiger partial charge in [0.05, 0.1) is 13.2 Å². The van der Waals surface area contributed by atoms with Gasteiger partial charge in [0, 0.05) is 13.5 Å². The van der Waals surface area contributed by atoms with Crippen molar-refractivity contribution in [2.24, 2.45) is 0 Å². The molecule has 0 aromatic carbocycles. The fraction of sp³-hybridized carbons (Fsp3) is 0.889. The maximum atomic E-state index is 12.0. The molecule has 0 heterocycles. The smallest absolute Gasteiger partial charge is 0.361 e. The van der Waals surface area contributed by atoms with Crippen LogP contribution in [0.5, 0.6) is 0 Å². The summed E-state index contributed by atoms with van der Waals surface area (Å²) < 4.78 is 21.8. The minimum Gasteiger partial charge on any atom is -0.388 e. The highest BCUT2D eigenvalue weighted by Gasteiger charge is 2.39. The first kappa shape index (κ1) is 16.5. The lowest BCUT2D eigenvalue weighted by Gasteiger charge is -2.25. The van der Waals surface area contributed by atoms with Crippen molar-refractivity contribution in [2.45, 2.75) is 32.7 Å². The quantitative estimate of drug-likeness (QED) is 0.538. The third-order valence-electron chi connectivity index (χ3n) is 1.85. The van der Waals surface area contributed by atoms with Crippen LogP contribution in [0.3, 0.4) is 0 Å². The number of aliphatic hydroxyl groups excluding tert-OH is 2. The zero-order chi connectivity index (χ0) is 13.5. The molecular formula is C9H20NO6P. The second-order valence-electron chi connectivity index (χ2n) is 3.29. The minimum absolute atomic E-state index is 0.0845. The Hall–Kier alpha value is -0.460. The molecule has 0 aliphatic carbocycles. The van der Waals surface area contributed by atoms with Crippen molar-refractivity contribution in [3.05, 3.63) is 0 Å². The zero-order valence-corrected chi connectivity index (χ0v) is 11.1. The van der Waals surface area contributed by atoms with Crippen molar-refractivity contribution >= 4 is 13.5 Å². The normalized spacial score (nSPS) is 15.4. The molecule has 0 aliphatic rings. The average Bonchev–Trinajstić information content (AvgIpc) is 2.25. The van der Waals surface area contributed by atoms with Crippen LogP contribution in [0, 0.1) is 0 Å². The highest BCUT2D eigenvalue weighted by molar-refractivity contribution is 7.54. The molecule has 8 heteroatoms. The van der Waals surface area contributed by atoms with Crippen LogP contribution in [0.2, 0.25) is 0 Å². The molecule has 102 valence electrons. The molecule has 0 spiro atoms. The lowest BCUT2D eigenvalue weighted by molar-refractivity contribution is -0.119. The van der Waals surface area contributed by atoms with Gasteiger partial charge in [0.2, 0.25) is 5.91 Å². The number of hydrogen-bond donors (Lipinski definition) is 3. The van der Waals surface area contributed by atoms with Crippen LogP contribution in [0.1, 0.15) is 20.8 Å². The molecule has 0 fully saturated rings.